The Hall–Kier alpha value is -5.64. The van der Waals surface area contributed by atoms with Crippen molar-refractivity contribution in [2.45, 2.75) is 19.3 Å². The van der Waals surface area contributed by atoms with E-state index in [2.05, 4.69) is 159 Å². The monoisotopic (exact) mass is 630 g/mol. The van der Waals surface area contributed by atoms with Gasteiger partial charge < -0.3 is 0 Å². The fourth-order valence-electron chi connectivity index (χ4n) is 8.04. The lowest BCUT2D eigenvalue weighted by atomic mass is 9.78. The Morgan fingerprint density at radius 3 is 2.15 bits per heavy atom. The van der Waals surface area contributed by atoms with Crippen LogP contribution in [-0.2, 0) is 5.41 Å². The van der Waals surface area contributed by atoms with Crippen molar-refractivity contribution in [3.63, 3.8) is 0 Å². The van der Waals surface area contributed by atoms with Crippen molar-refractivity contribution in [3.8, 4) is 44.9 Å². The van der Waals surface area contributed by atoms with Crippen LogP contribution >= 0.6 is 11.3 Å². The van der Waals surface area contributed by atoms with Gasteiger partial charge in [-0.3, -0.25) is 0 Å². The Morgan fingerprint density at radius 2 is 1.25 bits per heavy atom. The number of thiophene rings is 1. The van der Waals surface area contributed by atoms with Crippen LogP contribution < -0.4 is 0 Å². The zero-order chi connectivity index (χ0) is 32.0. The van der Waals surface area contributed by atoms with E-state index in [0.29, 0.717) is 0 Å². The number of nitrogens with zero attached hydrogens (tertiary/aromatic N) is 2. The Labute approximate surface area is 283 Å². The highest BCUT2D eigenvalue weighted by atomic mass is 32.1. The zero-order valence-electron chi connectivity index (χ0n) is 26.7. The number of aromatic nitrogens is 2. The third-order valence-electron chi connectivity index (χ3n) is 10.2. The van der Waals surface area contributed by atoms with Crippen molar-refractivity contribution in [1.82, 2.24) is 9.97 Å². The summed E-state index contributed by atoms with van der Waals surface area (Å²) in [5.74, 6) is 0.758. The smallest absolute Gasteiger partial charge is 0.161 e. The number of fused-ring (bicyclic) bond motifs is 9. The normalized spacial score (nSPS) is 13.4. The highest BCUT2D eigenvalue weighted by molar-refractivity contribution is 7.26. The topological polar surface area (TPSA) is 25.8 Å². The molecule has 0 saturated carbocycles. The van der Waals surface area contributed by atoms with E-state index in [9.17, 15) is 0 Å². The van der Waals surface area contributed by atoms with E-state index in [1.807, 2.05) is 0 Å². The average molecular weight is 631 g/mol. The quantitative estimate of drug-likeness (QED) is 0.194. The molecule has 0 atom stereocenters. The van der Waals surface area contributed by atoms with Crippen LogP contribution in [0.3, 0.4) is 0 Å². The molecule has 2 heterocycles. The van der Waals surface area contributed by atoms with Crippen molar-refractivity contribution < 1.29 is 0 Å². The number of benzene rings is 7. The number of hydrogen-bond acceptors (Lipinski definition) is 3. The van der Waals surface area contributed by atoms with Gasteiger partial charge in [0.15, 0.2) is 5.82 Å². The molecule has 0 N–H and O–H groups in total. The van der Waals surface area contributed by atoms with Crippen LogP contribution in [0, 0.1) is 0 Å². The summed E-state index contributed by atoms with van der Waals surface area (Å²) in [6.07, 6.45) is 0. The van der Waals surface area contributed by atoms with Gasteiger partial charge in [-0.2, -0.15) is 0 Å². The first-order chi connectivity index (χ1) is 23.6. The third kappa shape index (κ3) is 3.92. The van der Waals surface area contributed by atoms with Crippen LogP contribution in [0.1, 0.15) is 25.0 Å². The van der Waals surface area contributed by atoms with Crippen molar-refractivity contribution >= 4 is 53.2 Å². The SMILES string of the molecule is CC1(C)c2ccccc2-c2cc(-c3nc(-c4ccccc4)c4sc5ccccc5c4n3)c3c(-c4ccc5ccccc5c4)cccc3c21. The molecule has 3 heteroatoms. The van der Waals surface area contributed by atoms with Crippen LogP contribution in [0.2, 0.25) is 0 Å². The van der Waals surface area contributed by atoms with Gasteiger partial charge in [0.25, 0.3) is 0 Å². The van der Waals surface area contributed by atoms with E-state index < -0.39 is 0 Å². The molecule has 2 aromatic heterocycles. The summed E-state index contributed by atoms with van der Waals surface area (Å²) in [5, 5.41) is 6.10. The second-order valence-electron chi connectivity index (χ2n) is 13.3. The molecular weight excluding hydrogens is 601 g/mol. The summed E-state index contributed by atoms with van der Waals surface area (Å²) >= 11 is 1.78. The molecule has 0 bridgehead atoms. The molecule has 2 nitrogen and oxygen atoms in total. The van der Waals surface area contributed by atoms with Gasteiger partial charge in [-0.05, 0) is 67.7 Å². The van der Waals surface area contributed by atoms with E-state index in [0.717, 1.165) is 32.9 Å². The lowest BCUT2D eigenvalue weighted by Gasteiger charge is -2.25. The first-order valence-electron chi connectivity index (χ1n) is 16.5. The first-order valence-corrected chi connectivity index (χ1v) is 17.3. The Balaban J connectivity index is 1.37. The molecule has 0 spiro atoms. The molecule has 9 aromatic rings. The minimum Gasteiger partial charge on any atom is -0.226 e. The van der Waals surface area contributed by atoms with Gasteiger partial charge in [0.2, 0.25) is 0 Å². The van der Waals surface area contributed by atoms with Crippen molar-refractivity contribution in [2.24, 2.45) is 0 Å². The third-order valence-corrected chi connectivity index (χ3v) is 11.4. The molecular formula is C45H30N2S. The van der Waals surface area contributed by atoms with Crippen LogP contribution in [0.5, 0.6) is 0 Å². The zero-order valence-corrected chi connectivity index (χ0v) is 27.5. The Morgan fingerprint density at radius 1 is 0.521 bits per heavy atom. The molecule has 0 unspecified atom stereocenters. The van der Waals surface area contributed by atoms with Crippen molar-refractivity contribution in [3.05, 3.63) is 157 Å². The summed E-state index contributed by atoms with van der Waals surface area (Å²) in [7, 11) is 0. The lowest BCUT2D eigenvalue weighted by molar-refractivity contribution is 0.666. The highest BCUT2D eigenvalue weighted by Crippen LogP contribution is 2.54. The molecule has 0 aliphatic heterocycles. The van der Waals surface area contributed by atoms with Crippen LogP contribution in [0.4, 0.5) is 0 Å². The summed E-state index contributed by atoms with van der Waals surface area (Å²) in [6, 6.07) is 52.7. The molecule has 1 aliphatic carbocycles. The predicted octanol–water partition coefficient (Wildman–Crippen LogP) is 12.5. The van der Waals surface area contributed by atoms with Crippen molar-refractivity contribution in [1.29, 1.82) is 0 Å². The summed E-state index contributed by atoms with van der Waals surface area (Å²) < 4.78 is 2.35. The largest absolute Gasteiger partial charge is 0.226 e. The number of rotatable bonds is 3. The van der Waals surface area contributed by atoms with Crippen molar-refractivity contribution in [2.75, 3.05) is 0 Å². The maximum atomic E-state index is 5.49. The van der Waals surface area contributed by atoms with Crippen LogP contribution in [0.25, 0.3) is 86.7 Å². The molecule has 0 radical (unpaired) electrons. The predicted molar refractivity (Wildman–Crippen MR) is 204 cm³/mol. The van der Waals surface area contributed by atoms with Gasteiger partial charge in [-0.1, -0.05) is 141 Å². The van der Waals surface area contributed by atoms with E-state index in [4.69, 9.17) is 9.97 Å². The summed E-state index contributed by atoms with van der Waals surface area (Å²) in [6.45, 7) is 4.74. The first kappa shape index (κ1) is 27.5. The molecule has 226 valence electrons. The Kier molecular flexibility index (Phi) is 5.82. The summed E-state index contributed by atoms with van der Waals surface area (Å²) in [4.78, 5) is 11.0. The molecule has 7 aromatic carbocycles. The van der Waals surface area contributed by atoms with Crippen LogP contribution in [0.15, 0.2) is 146 Å². The fourth-order valence-corrected chi connectivity index (χ4v) is 9.20. The van der Waals surface area contributed by atoms with E-state index >= 15 is 0 Å². The van der Waals surface area contributed by atoms with Gasteiger partial charge in [-0.15, -0.1) is 11.3 Å². The van der Waals surface area contributed by atoms with E-state index in [-0.39, 0.29) is 5.41 Å². The second kappa shape index (κ2) is 10.2. The maximum Gasteiger partial charge on any atom is 0.161 e. The minimum absolute atomic E-state index is 0.158. The minimum atomic E-state index is -0.158. The molecule has 0 saturated heterocycles. The molecule has 0 amide bonds. The number of hydrogen-bond donors (Lipinski definition) is 0. The average Bonchev–Trinajstić information content (AvgIpc) is 3.63. The van der Waals surface area contributed by atoms with Gasteiger partial charge in [0.1, 0.15) is 0 Å². The maximum absolute atomic E-state index is 5.49. The van der Waals surface area contributed by atoms with Gasteiger partial charge >= 0.3 is 0 Å². The van der Waals surface area contributed by atoms with E-state index in [1.165, 1.54) is 65.0 Å². The Bertz CT molecular complexity index is 2750. The van der Waals surface area contributed by atoms with Gasteiger partial charge in [0, 0.05) is 32.0 Å². The molecule has 48 heavy (non-hydrogen) atoms. The van der Waals surface area contributed by atoms with Gasteiger partial charge in [0.05, 0.1) is 15.9 Å². The standard InChI is InChI=1S/C45H30N2S/c1-45(2)37-21-10-8-17-32(37)35-26-36(39-31(19-12-20-34(39)40(35)45)30-24-23-27-13-6-7-16-29(27)25-30)44-46-41(28-14-4-3-5-15-28)43-42(47-44)33-18-9-11-22-38(33)48-43/h3-26H,1-2H3. The lowest BCUT2D eigenvalue weighted by Crippen LogP contribution is -2.15. The fraction of sp³-hybridized carbons (Fsp3) is 0.0667. The highest BCUT2D eigenvalue weighted by Gasteiger charge is 2.38. The van der Waals surface area contributed by atoms with Gasteiger partial charge in [-0.25, -0.2) is 9.97 Å². The second-order valence-corrected chi connectivity index (χ2v) is 14.4. The molecule has 1 aliphatic rings. The molecule has 0 fully saturated rings. The summed E-state index contributed by atoms with van der Waals surface area (Å²) in [5.41, 5.74) is 11.7. The van der Waals surface area contributed by atoms with Crippen LogP contribution in [-0.4, -0.2) is 9.97 Å². The van der Waals surface area contributed by atoms with E-state index in [1.54, 1.807) is 11.3 Å². The molecule has 10 rings (SSSR count).